The van der Waals surface area contributed by atoms with Crippen molar-refractivity contribution in [3.63, 3.8) is 0 Å². The minimum absolute atomic E-state index is 0.247. The Kier molecular flexibility index (Phi) is 2.96. The van der Waals surface area contributed by atoms with Gasteiger partial charge in [0.25, 0.3) is 0 Å². The average molecular weight is 276 g/mol. The van der Waals surface area contributed by atoms with Crippen LogP contribution in [-0.4, -0.2) is 0 Å². The fourth-order valence-corrected chi connectivity index (χ4v) is 4.77. The number of rotatable bonds is 1. The normalized spacial score (nSPS) is 25.9. The lowest BCUT2D eigenvalue weighted by Crippen LogP contribution is -2.33. The summed E-state index contributed by atoms with van der Waals surface area (Å²) >= 11 is 0. The van der Waals surface area contributed by atoms with E-state index in [-0.39, 0.29) is 5.41 Å². The maximum atomic E-state index is 2.51. The molecule has 0 heteroatoms. The Morgan fingerprint density at radius 1 is 0.952 bits per heavy atom. The fourth-order valence-electron chi connectivity index (χ4n) is 4.77. The molecule has 0 heterocycles. The van der Waals surface area contributed by atoms with Crippen molar-refractivity contribution in [2.45, 2.75) is 51.4 Å². The highest BCUT2D eigenvalue weighted by atomic mass is 14.5. The molecule has 0 unspecified atom stereocenters. The Hall–Kier alpha value is -1.56. The van der Waals surface area contributed by atoms with E-state index >= 15 is 0 Å². The van der Waals surface area contributed by atoms with Gasteiger partial charge in [-0.2, -0.15) is 0 Å². The van der Waals surface area contributed by atoms with E-state index in [1.165, 1.54) is 48.4 Å². The molecule has 0 aromatic heterocycles. The van der Waals surface area contributed by atoms with Gasteiger partial charge in [0, 0.05) is 5.41 Å². The van der Waals surface area contributed by atoms with E-state index in [1.807, 2.05) is 0 Å². The smallest absolute Gasteiger partial charge is 0.0174 e. The van der Waals surface area contributed by atoms with Crippen molar-refractivity contribution in [1.29, 1.82) is 0 Å². The summed E-state index contributed by atoms with van der Waals surface area (Å²) < 4.78 is 0. The molecular weight excluding hydrogens is 252 g/mol. The number of hydrogen-bond donors (Lipinski definition) is 0. The van der Waals surface area contributed by atoms with Crippen molar-refractivity contribution in [2.75, 3.05) is 0 Å². The second kappa shape index (κ2) is 4.73. The van der Waals surface area contributed by atoms with Crippen molar-refractivity contribution in [2.24, 2.45) is 5.92 Å². The molecule has 0 spiro atoms. The SMILES string of the molecule is CC1=Cc2ccc3ccccc3c2[C@]1(C)C1CCCCC1. The standard InChI is InChI=1S/C21H24/c1-15-14-17-13-12-16-8-6-7-11-19(16)20(17)21(15,2)18-9-4-3-5-10-18/h6-8,11-14,18H,3-5,9-10H2,1-2H3/t21-/m0/s1. The Balaban J connectivity index is 1.95. The maximum absolute atomic E-state index is 2.51. The molecule has 0 amide bonds. The minimum Gasteiger partial charge on any atom is -0.0621 e. The zero-order chi connectivity index (χ0) is 14.4. The second-order valence-corrected chi connectivity index (χ2v) is 7.12. The number of fused-ring (bicyclic) bond motifs is 3. The van der Waals surface area contributed by atoms with Gasteiger partial charge in [-0.3, -0.25) is 0 Å². The number of hydrogen-bond acceptors (Lipinski definition) is 0. The van der Waals surface area contributed by atoms with Crippen LogP contribution in [0.1, 0.15) is 57.1 Å². The van der Waals surface area contributed by atoms with Crippen molar-refractivity contribution in [3.05, 3.63) is 53.1 Å². The Morgan fingerprint density at radius 2 is 1.71 bits per heavy atom. The highest BCUT2D eigenvalue weighted by molar-refractivity contribution is 5.93. The molecule has 4 rings (SSSR count). The van der Waals surface area contributed by atoms with Gasteiger partial charge in [-0.25, -0.2) is 0 Å². The lowest BCUT2D eigenvalue weighted by molar-refractivity contribution is 0.255. The molecule has 0 saturated heterocycles. The van der Waals surface area contributed by atoms with Crippen molar-refractivity contribution in [3.8, 4) is 0 Å². The summed E-state index contributed by atoms with van der Waals surface area (Å²) in [5.74, 6) is 0.814. The molecule has 2 aromatic rings. The maximum Gasteiger partial charge on any atom is 0.0174 e. The molecule has 0 nitrogen and oxygen atoms in total. The predicted molar refractivity (Wildman–Crippen MR) is 91.5 cm³/mol. The third-order valence-corrected chi connectivity index (χ3v) is 6.09. The first-order valence-electron chi connectivity index (χ1n) is 8.42. The summed E-state index contributed by atoms with van der Waals surface area (Å²) in [6.07, 6.45) is 9.48. The molecule has 108 valence electrons. The summed E-state index contributed by atoms with van der Waals surface area (Å²) in [5.41, 5.74) is 4.88. The van der Waals surface area contributed by atoms with E-state index in [9.17, 15) is 0 Å². The van der Waals surface area contributed by atoms with E-state index in [2.05, 4.69) is 56.3 Å². The zero-order valence-electron chi connectivity index (χ0n) is 13.2. The second-order valence-electron chi connectivity index (χ2n) is 7.12. The summed E-state index contributed by atoms with van der Waals surface area (Å²) in [5, 5.41) is 2.86. The molecule has 1 atom stereocenters. The van der Waals surface area contributed by atoms with Crippen LogP contribution in [0.15, 0.2) is 42.0 Å². The molecule has 2 aromatic carbocycles. The molecule has 0 aliphatic heterocycles. The largest absolute Gasteiger partial charge is 0.0621 e. The van der Waals surface area contributed by atoms with Gasteiger partial charge in [0.1, 0.15) is 0 Å². The van der Waals surface area contributed by atoms with Crippen LogP contribution in [0.5, 0.6) is 0 Å². The van der Waals surface area contributed by atoms with Crippen LogP contribution >= 0.6 is 0 Å². The molecule has 2 aliphatic rings. The van der Waals surface area contributed by atoms with Gasteiger partial charge in [0.2, 0.25) is 0 Å². The molecule has 21 heavy (non-hydrogen) atoms. The van der Waals surface area contributed by atoms with E-state index < -0.39 is 0 Å². The summed E-state index contributed by atoms with van der Waals surface area (Å²) in [4.78, 5) is 0. The predicted octanol–water partition coefficient (Wildman–Crippen LogP) is 6.09. The van der Waals surface area contributed by atoms with Crippen LogP contribution in [0.2, 0.25) is 0 Å². The number of benzene rings is 2. The third-order valence-electron chi connectivity index (χ3n) is 6.09. The average Bonchev–Trinajstić information content (AvgIpc) is 2.81. The Bertz CT molecular complexity index is 716. The minimum atomic E-state index is 0.247. The van der Waals surface area contributed by atoms with Gasteiger partial charge >= 0.3 is 0 Å². The van der Waals surface area contributed by atoms with Crippen LogP contribution in [0.3, 0.4) is 0 Å². The van der Waals surface area contributed by atoms with E-state index in [0.717, 1.165) is 5.92 Å². The first-order chi connectivity index (χ1) is 10.2. The van der Waals surface area contributed by atoms with E-state index in [4.69, 9.17) is 0 Å². The van der Waals surface area contributed by atoms with Crippen LogP contribution in [-0.2, 0) is 5.41 Å². The quantitative estimate of drug-likeness (QED) is 0.591. The van der Waals surface area contributed by atoms with Gasteiger partial charge < -0.3 is 0 Å². The lowest BCUT2D eigenvalue weighted by Gasteiger charge is -2.40. The van der Waals surface area contributed by atoms with E-state index in [1.54, 1.807) is 11.1 Å². The summed E-state index contributed by atoms with van der Waals surface area (Å²) in [6, 6.07) is 13.5. The first kappa shape index (κ1) is 13.1. The lowest BCUT2D eigenvalue weighted by atomic mass is 9.64. The first-order valence-corrected chi connectivity index (χ1v) is 8.42. The number of allylic oxidation sites excluding steroid dienone is 1. The molecule has 0 N–H and O–H groups in total. The molecule has 0 radical (unpaired) electrons. The summed E-state index contributed by atoms with van der Waals surface area (Å²) in [7, 11) is 0. The molecule has 0 bridgehead atoms. The third kappa shape index (κ3) is 1.81. The zero-order valence-corrected chi connectivity index (χ0v) is 13.2. The van der Waals surface area contributed by atoms with Crippen LogP contribution in [0, 0.1) is 5.92 Å². The molecular formula is C21H24. The Morgan fingerprint density at radius 3 is 2.52 bits per heavy atom. The van der Waals surface area contributed by atoms with Gasteiger partial charge in [0.15, 0.2) is 0 Å². The van der Waals surface area contributed by atoms with Crippen LogP contribution in [0.25, 0.3) is 16.8 Å². The van der Waals surface area contributed by atoms with Gasteiger partial charge in [-0.05, 0) is 47.6 Å². The highest BCUT2D eigenvalue weighted by Crippen LogP contribution is 2.52. The molecule has 1 saturated carbocycles. The van der Waals surface area contributed by atoms with Gasteiger partial charge in [0.05, 0.1) is 0 Å². The van der Waals surface area contributed by atoms with Crippen molar-refractivity contribution in [1.82, 2.24) is 0 Å². The topological polar surface area (TPSA) is 0 Å². The summed E-state index contributed by atoms with van der Waals surface area (Å²) in [6.45, 7) is 4.86. The monoisotopic (exact) mass is 276 g/mol. The Labute approximate surface area is 127 Å². The van der Waals surface area contributed by atoms with E-state index in [0.29, 0.717) is 0 Å². The van der Waals surface area contributed by atoms with Crippen molar-refractivity contribution >= 4 is 16.8 Å². The fraction of sp³-hybridized carbons (Fsp3) is 0.429. The molecule has 1 fully saturated rings. The van der Waals surface area contributed by atoms with Crippen LogP contribution < -0.4 is 0 Å². The highest BCUT2D eigenvalue weighted by Gasteiger charge is 2.42. The van der Waals surface area contributed by atoms with Crippen LogP contribution in [0.4, 0.5) is 0 Å². The van der Waals surface area contributed by atoms with Crippen molar-refractivity contribution < 1.29 is 0 Å². The van der Waals surface area contributed by atoms with Gasteiger partial charge in [-0.15, -0.1) is 0 Å². The molecule has 2 aliphatic carbocycles. The van der Waals surface area contributed by atoms with Gasteiger partial charge in [-0.1, -0.05) is 74.2 Å².